The lowest BCUT2D eigenvalue weighted by molar-refractivity contribution is -0.141. The van der Waals surface area contributed by atoms with Gasteiger partial charge in [0.25, 0.3) is 0 Å². The summed E-state index contributed by atoms with van der Waals surface area (Å²) in [5.41, 5.74) is 6.55. The van der Waals surface area contributed by atoms with Crippen LogP contribution in [0.15, 0.2) is 24.3 Å². The normalized spacial score (nSPS) is 19.3. The van der Waals surface area contributed by atoms with E-state index in [2.05, 4.69) is 4.90 Å². The van der Waals surface area contributed by atoms with Gasteiger partial charge in [-0.2, -0.15) is 0 Å². The maximum Gasteiger partial charge on any atom is 0.241 e. The van der Waals surface area contributed by atoms with Crippen LogP contribution < -0.4 is 10.5 Å². The van der Waals surface area contributed by atoms with Gasteiger partial charge < -0.3 is 15.4 Å². The second kappa shape index (κ2) is 6.58. The standard InChI is InChI=1S/C15H21N3O3/c1-11(19)18-8-7-17(10-14(18)15(16)20)9-12-3-5-13(21-2)6-4-12/h3-6,14H,7-10H2,1-2H3,(H2,16,20)/t14-/m1/s1. The Hall–Kier alpha value is -2.08. The molecule has 0 bridgehead atoms. The number of nitrogens with zero attached hydrogens (tertiary/aromatic N) is 2. The zero-order valence-corrected chi connectivity index (χ0v) is 12.4. The zero-order chi connectivity index (χ0) is 15.4. The smallest absolute Gasteiger partial charge is 0.241 e. The molecule has 1 heterocycles. The lowest BCUT2D eigenvalue weighted by Gasteiger charge is -2.39. The van der Waals surface area contributed by atoms with E-state index in [-0.39, 0.29) is 5.91 Å². The lowest BCUT2D eigenvalue weighted by Crippen LogP contribution is -2.59. The highest BCUT2D eigenvalue weighted by Crippen LogP contribution is 2.16. The number of carbonyl (C=O) groups excluding carboxylic acids is 2. The molecule has 0 aliphatic carbocycles. The molecule has 0 spiro atoms. The average Bonchev–Trinajstić information content (AvgIpc) is 2.47. The SMILES string of the molecule is COc1ccc(CN2CCN(C(C)=O)[C@@H](C(N)=O)C2)cc1. The number of ether oxygens (including phenoxy) is 1. The first-order chi connectivity index (χ1) is 10.0. The summed E-state index contributed by atoms with van der Waals surface area (Å²) in [5, 5.41) is 0. The summed E-state index contributed by atoms with van der Waals surface area (Å²) in [6.07, 6.45) is 0. The largest absolute Gasteiger partial charge is 0.497 e. The third kappa shape index (κ3) is 3.72. The van der Waals surface area contributed by atoms with E-state index in [1.54, 1.807) is 12.0 Å². The first-order valence-corrected chi connectivity index (χ1v) is 6.93. The predicted octanol–water partition coefficient (Wildman–Crippen LogP) is 0.213. The molecular weight excluding hydrogens is 270 g/mol. The van der Waals surface area contributed by atoms with Crippen LogP contribution >= 0.6 is 0 Å². The Morgan fingerprint density at radius 3 is 2.48 bits per heavy atom. The van der Waals surface area contributed by atoms with Crippen LogP contribution in [0.2, 0.25) is 0 Å². The molecule has 2 rings (SSSR count). The second-order valence-corrected chi connectivity index (χ2v) is 5.21. The number of nitrogens with two attached hydrogens (primary N) is 1. The molecule has 0 aromatic heterocycles. The van der Waals surface area contributed by atoms with Crippen LogP contribution in [0, 0.1) is 0 Å². The monoisotopic (exact) mass is 291 g/mol. The first-order valence-electron chi connectivity index (χ1n) is 6.93. The van der Waals surface area contributed by atoms with Gasteiger partial charge >= 0.3 is 0 Å². The highest BCUT2D eigenvalue weighted by atomic mass is 16.5. The number of hydrogen-bond donors (Lipinski definition) is 1. The summed E-state index contributed by atoms with van der Waals surface area (Å²) in [5.74, 6) is 0.252. The van der Waals surface area contributed by atoms with Gasteiger partial charge in [-0.05, 0) is 17.7 Å². The second-order valence-electron chi connectivity index (χ2n) is 5.21. The molecule has 1 aliphatic heterocycles. The molecule has 6 nitrogen and oxygen atoms in total. The van der Waals surface area contributed by atoms with Crippen molar-refractivity contribution < 1.29 is 14.3 Å². The van der Waals surface area contributed by atoms with Crippen LogP contribution in [-0.2, 0) is 16.1 Å². The van der Waals surface area contributed by atoms with Crippen LogP contribution in [0.5, 0.6) is 5.75 Å². The molecule has 0 radical (unpaired) electrons. The Balaban J connectivity index is 2.01. The predicted molar refractivity (Wildman–Crippen MR) is 78.6 cm³/mol. The fourth-order valence-corrected chi connectivity index (χ4v) is 2.59. The van der Waals surface area contributed by atoms with Crippen LogP contribution in [0.3, 0.4) is 0 Å². The van der Waals surface area contributed by atoms with Crippen LogP contribution in [0.25, 0.3) is 0 Å². The van der Waals surface area contributed by atoms with Crippen molar-refractivity contribution >= 4 is 11.8 Å². The van der Waals surface area contributed by atoms with E-state index in [4.69, 9.17) is 10.5 Å². The van der Waals surface area contributed by atoms with Gasteiger partial charge in [0, 0.05) is 33.1 Å². The fraction of sp³-hybridized carbons (Fsp3) is 0.467. The van der Waals surface area contributed by atoms with Gasteiger partial charge in [0.1, 0.15) is 11.8 Å². The molecular formula is C15H21N3O3. The Labute approximate surface area is 124 Å². The molecule has 6 heteroatoms. The highest BCUT2D eigenvalue weighted by Gasteiger charge is 2.32. The number of carbonyl (C=O) groups is 2. The van der Waals surface area contributed by atoms with Gasteiger partial charge in [-0.25, -0.2) is 0 Å². The minimum atomic E-state index is -0.547. The molecule has 1 atom stereocenters. The molecule has 0 saturated carbocycles. The van der Waals surface area contributed by atoms with E-state index in [0.717, 1.165) is 24.4 Å². The zero-order valence-electron chi connectivity index (χ0n) is 12.4. The first kappa shape index (κ1) is 15.3. The molecule has 114 valence electrons. The summed E-state index contributed by atoms with van der Waals surface area (Å²) in [7, 11) is 1.63. The molecule has 1 aromatic carbocycles. The van der Waals surface area contributed by atoms with E-state index in [1.807, 2.05) is 24.3 Å². The van der Waals surface area contributed by atoms with Crippen molar-refractivity contribution in [3.63, 3.8) is 0 Å². The maximum absolute atomic E-state index is 11.5. The maximum atomic E-state index is 11.5. The molecule has 1 fully saturated rings. The minimum absolute atomic E-state index is 0.108. The fourth-order valence-electron chi connectivity index (χ4n) is 2.59. The quantitative estimate of drug-likeness (QED) is 0.860. The lowest BCUT2D eigenvalue weighted by atomic mass is 10.1. The third-order valence-electron chi connectivity index (χ3n) is 3.76. The van der Waals surface area contributed by atoms with Gasteiger partial charge in [-0.15, -0.1) is 0 Å². The minimum Gasteiger partial charge on any atom is -0.497 e. The summed E-state index contributed by atoms with van der Waals surface area (Å²) in [4.78, 5) is 26.8. The Bertz CT molecular complexity index is 515. The topological polar surface area (TPSA) is 75.9 Å². The van der Waals surface area contributed by atoms with Crippen molar-refractivity contribution in [2.24, 2.45) is 5.73 Å². The molecule has 1 saturated heterocycles. The van der Waals surface area contributed by atoms with Crippen molar-refractivity contribution in [3.8, 4) is 5.75 Å². The molecule has 2 N–H and O–H groups in total. The van der Waals surface area contributed by atoms with Crippen molar-refractivity contribution in [1.82, 2.24) is 9.80 Å². The van der Waals surface area contributed by atoms with Crippen molar-refractivity contribution in [2.45, 2.75) is 19.5 Å². The van der Waals surface area contributed by atoms with E-state index in [0.29, 0.717) is 13.1 Å². The Morgan fingerprint density at radius 2 is 1.95 bits per heavy atom. The van der Waals surface area contributed by atoms with Crippen molar-refractivity contribution in [2.75, 3.05) is 26.7 Å². The summed E-state index contributed by atoms with van der Waals surface area (Å²) >= 11 is 0. The Kier molecular flexibility index (Phi) is 4.80. The van der Waals surface area contributed by atoms with Crippen molar-refractivity contribution in [3.05, 3.63) is 29.8 Å². The molecule has 0 unspecified atom stereocenters. The number of hydrogen-bond acceptors (Lipinski definition) is 4. The summed E-state index contributed by atoms with van der Waals surface area (Å²) in [6.45, 7) is 3.92. The summed E-state index contributed by atoms with van der Waals surface area (Å²) in [6, 6.07) is 7.26. The molecule has 1 aliphatic rings. The molecule has 2 amide bonds. The van der Waals surface area contributed by atoms with Crippen LogP contribution in [0.1, 0.15) is 12.5 Å². The number of piperazine rings is 1. The van der Waals surface area contributed by atoms with Gasteiger partial charge in [-0.1, -0.05) is 12.1 Å². The van der Waals surface area contributed by atoms with E-state index in [9.17, 15) is 9.59 Å². The van der Waals surface area contributed by atoms with Crippen LogP contribution in [-0.4, -0.2) is 54.4 Å². The van der Waals surface area contributed by atoms with Gasteiger partial charge in [-0.3, -0.25) is 14.5 Å². The molecule has 1 aromatic rings. The number of rotatable bonds is 4. The third-order valence-corrected chi connectivity index (χ3v) is 3.76. The molecule has 21 heavy (non-hydrogen) atoms. The van der Waals surface area contributed by atoms with Crippen LogP contribution in [0.4, 0.5) is 0 Å². The summed E-state index contributed by atoms with van der Waals surface area (Å²) < 4.78 is 5.13. The van der Waals surface area contributed by atoms with Crippen molar-refractivity contribution in [1.29, 1.82) is 0 Å². The number of primary amides is 1. The van der Waals surface area contributed by atoms with E-state index < -0.39 is 11.9 Å². The number of amides is 2. The van der Waals surface area contributed by atoms with E-state index >= 15 is 0 Å². The van der Waals surface area contributed by atoms with E-state index in [1.165, 1.54) is 6.92 Å². The number of benzene rings is 1. The van der Waals surface area contributed by atoms with Gasteiger partial charge in [0.2, 0.25) is 11.8 Å². The number of methoxy groups -OCH3 is 1. The average molecular weight is 291 g/mol. The Morgan fingerprint density at radius 1 is 1.29 bits per heavy atom. The van der Waals surface area contributed by atoms with Gasteiger partial charge in [0.05, 0.1) is 7.11 Å². The van der Waals surface area contributed by atoms with Gasteiger partial charge in [0.15, 0.2) is 0 Å². The highest BCUT2D eigenvalue weighted by molar-refractivity contribution is 5.86.